The van der Waals surface area contributed by atoms with Gasteiger partial charge in [0, 0.05) is 5.56 Å². The minimum Gasteiger partial charge on any atom is -0.488 e. The molecule has 19 heavy (non-hydrogen) atoms. The molecule has 0 heterocycles. The predicted octanol–water partition coefficient (Wildman–Crippen LogP) is 3.97. The lowest BCUT2D eigenvalue weighted by atomic mass is 10.1. The average molecular weight is 336 g/mol. The minimum atomic E-state index is 0.391. The fourth-order valence-corrected chi connectivity index (χ4v) is 2.57. The van der Waals surface area contributed by atoms with Crippen LogP contribution < -0.4 is 10.5 Å². The second-order valence-electron chi connectivity index (χ2n) is 4.24. The van der Waals surface area contributed by atoms with Crippen LogP contribution in [0.3, 0.4) is 0 Å². The SMILES string of the molecule is Cc1ccc(OCc2ccccc2C(N)=S)c(Br)c1. The highest BCUT2D eigenvalue weighted by Gasteiger charge is 2.06. The molecule has 4 heteroatoms. The van der Waals surface area contributed by atoms with Crippen LogP contribution in [0.25, 0.3) is 0 Å². The fraction of sp³-hybridized carbons (Fsp3) is 0.133. The number of ether oxygens (including phenoxy) is 1. The number of thiocarbonyl (C=S) groups is 1. The van der Waals surface area contributed by atoms with Gasteiger partial charge in [-0.1, -0.05) is 42.5 Å². The van der Waals surface area contributed by atoms with Gasteiger partial charge in [-0.15, -0.1) is 0 Å². The Morgan fingerprint density at radius 2 is 2.00 bits per heavy atom. The quantitative estimate of drug-likeness (QED) is 0.858. The summed E-state index contributed by atoms with van der Waals surface area (Å²) in [6, 6.07) is 13.7. The Hall–Kier alpha value is -1.39. The zero-order valence-electron chi connectivity index (χ0n) is 10.5. The number of hydrogen-bond donors (Lipinski definition) is 1. The molecule has 98 valence electrons. The van der Waals surface area contributed by atoms with Crippen molar-refractivity contribution in [1.29, 1.82) is 0 Å². The van der Waals surface area contributed by atoms with E-state index in [4.69, 9.17) is 22.7 Å². The highest BCUT2D eigenvalue weighted by Crippen LogP contribution is 2.26. The molecule has 0 saturated carbocycles. The summed E-state index contributed by atoms with van der Waals surface area (Å²) in [4.78, 5) is 0.391. The Morgan fingerprint density at radius 3 is 2.68 bits per heavy atom. The molecule has 0 atom stereocenters. The van der Waals surface area contributed by atoms with Gasteiger partial charge in [0.1, 0.15) is 17.3 Å². The maximum atomic E-state index is 5.81. The van der Waals surface area contributed by atoms with Gasteiger partial charge in [0.15, 0.2) is 0 Å². The van der Waals surface area contributed by atoms with Crippen molar-refractivity contribution in [2.75, 3.05) is 0 Å². The highest BCUT2D eigenvalue weighted by atomic mass is 79.9. The number of halogens is 1. The van der Waals surface area contributed by atoms with Crippen LogP contribution in [-0.4, -0.2) is 4.99 Å². The second-order valence-corrected chi connectivity index (χ2v) is 5.54. The van der Waals surface area contributed by atoms with Gasteiger partial charge in [0.25, 0.3) is 0 Å². The molecule has 0 saturated heterocycles. The molecule has 0 aliphatic heterocycles. The van der Waals surface area contributed by atoms with E-state index in [9.17, 15) is 0 Å². The third-order valence-corrected chi connectivity index (χ3v) is 3.59. The average Bonchev–Trinajstić information content (AvgIpc) is 2.38. The molecule has 0 radical (unpaired) electrons. The number of hydrogen-bond acceptors (Lipinski definition) is 2. The normalized spacial score (nSPS) is 10.2. The van der Waals surface area contributed by atoms with Crippen LogP contribution in [-0.2, 0) is 6.61 Å². The molecule has 2 aromatic rings. The molecule has 0 unspecified atom stereocenters. The molecule has 2 N–H and O–H groups in total. The first kappa shape index (κ1) is 14.0. The zero-order valence-corrected chi connectivity index (χ0v) is 12.9. The largest absolute Gasteiger partial charge is 0.488 e. The number of nitrogens with two attached hydrogens (primary N) is 1. The van der Waals surface area contributed by atoms with Gasteiger partial charge >= 0.3 is 0 Å². The van der Waals surface area contributed by atoms with E-state index < -0.39 is 0 Å². The molecule has 0 aromatic heterocycles. The summed E-state index contributed by atoms with van der Waals surface area (Å²) in [6.45, 7) is 2.48. The Bertz CT molecular complexity index is 613. The molecular weight excluding hydrogens is 322 g/mol. The summed E-state index contributed by atoms with van der Waals surface area (Å²) in [5, 5.41) is 0. The van der Waals surface area contributed by atoms with E-state index in [0.29, 0.717) is 11.6 Å². The van der Waals surface area contributed by atoms with Crippen LogP contribution >= 0.6 is 28.1 Å². The van der Waals surface area contributed by atoms with E-state index in [2.05, 4.69) is 15.9 Å². The lowest BCUT2D eigenvalue weighted by Crippen LogP contribution is -2.13. The van der Waals surface area contributed by atoms with Gasteiger partial charge in [0.2, 0.25) is 0 Å². The van der Waals surface area contributed by atoms with Gasteiger partial charge in [-0.25, -0.2) is 0 Å². The van der Waals surface area contributed by atoms with Crippen molar-refractivity contribution in [2.45, 2.75) is 13.5 Å². The fourth-order valence-electron chi connectivity index (χ4n) is 1.76. The molecule has 0 fully saturated rings. The van der Waals surface area contributed by atoms with Crippen LogP contribution in [0.4, 0.5) is 0 Å². The summed E-state index contributed by atoms with van der Waals surface area (Å²) in [5.41, 5.74) is 8.73. The van der Waals surface area contributed by atoms with Gasteiger partial charge in [0.05, 0.1) is 4.47 Å². The molecule has 0 bridgehead atoms. The van der Waals surface area contributed by atoms with Crippen LogP contribution in [0.15, 0.2) is 46.9 Å². The Labute approximate surface area is 126 Å². The van der Waals surface area contributed by atoms with Crippen molar-refractivity contribution < 1.29 is 4.74 Å². The standard InChI is InChI=1S/C15H14BrNOS/c1-10-6-7-14(13(16)8-10)18-9-11-4-2-3-5-12(11)15(17)19/h2-8H,9H2,1H3,(H2,17,19). The highest BCUT2D eigenvalue weighted by molar-refractivity contribution is 9.10. The molecule has 0 spiro atoms. The Morgan fingerprint density at radius 1 is 1.26 bits per heavy atom. The molecule has 2 nitrogen and oxygen atoms in total. The maximum Gasteiger partial charge on any atom is 0.134 e. The van der Waals surface area contributed by atoms with E-state index in [0.717, 1.165) is 21.3 Å². The van der Waals surface area contributed by atoms with Crippen molar-refractivity contribution in [3.8, 4) is 5.75 Å². The molecule has 0 aliphatic carbocycles. The Balaban J connectivity index is 2.17. The van der Waals surface area contributed by atoms with E-state index in [-0.39, 0.29) is 0 Å². The van der Waals surface area contributed by atoms with Gasteiger partial charge in [-0.2, -0.15) is 0 Å². The first-order valence-electron chi connectivity index (χ1n) is 5.84. The van der Waals surface area contributed by atoms with Crippen molar-refractivity contribution in [2.24, 2.45) is 5.73 Å². The minimum absolute atomic E-state index is 0.391. The monoisotopic (exact) mass is 335 g/mol. The summed E-state index contributed by atoms with van der Waals surface area (Å²) in [6.07, 6.45) is 0. The molecule has 2 rings (SSSR count). The topological polar surface area (TPSA) is 35.2 Å². The van der Waals surface area contributed by atoms with Crippen LogP contribution in [0.5, 0.6) is 5.75 Å². The van der Waals surface area contributed by atoms with Crippen molar-refractivity contribution in [1.82, 2.24) is 0 Å². The van der Waals surface area contributed by atoms with Gasteiger partial charge in [-0.05, 0) is 46.1 Å². The smallest absolute Gasteiger partial charge is 0.134 e. The van der Waals surface area contributed by atoms with Gasteiger partial charge in [-0.3, -0.25) is 0 Å². The molecule has 2 aromatic carbocycles. The summed E-state index contributed by atoms with van der Waals surface area (Å²) in [5.74, 6) is 0.809. The van der Waals surface area contributed by atoms with Crippen LogP contribution in [0, 0.1) is 6.92 Å². The lowest BCUT2D eigenvalue weighted by molar-refractivity contribution is 0.304. The first-order valence-corrected chi connectivity index (χ1v) is 7.04. The predicted molar refractivity (Wildman–Crippen MR) is 85.5 cm³/mol. The summed E-state index contributed by atoms with van der Waals surface area (Å²) < 4.78 is 6.75. The third-order valence-electron chi connectivity index (χ3n) is 2.75. The van der Waals surface area contributed by atoms with E-state index >= 15 is 0 Å². The first-order chi connectivity index (χ1) is 9.08. The van der Waals surface area contributed by atoms with Crippen molar-refractivity contribution in [3.63, 3.8) is 0 Å². The maximum absolute atomic E-state index is 5.81. The molecule has 0 aliphatic rings. The Kier molecular flexibility index (Phi) is 4.56. The van der Waals surface area contributed by atoms with Crippen molar-refractivity contribution >= 4 is 33.1 Å². The summed E-state index contributed by atoms with van der Waals surface area (Å²) in [7, 11) is 0. The number of aryl methyl sites for hydroxylation is 1. The lowest BCUT2D eigenvalue weighted by Gasteiger charge is -2.11. The van der Waals surface area contributed by atoms with E-state index in [1.165, 1.54) is 5.56 Å². The summed E-state index contributed by atoms with van der Waals surface area (Å²) >= 11 is 8.53. The zero-order chi connectivity index (χ0) is 13.8. The van der Waals surface area contributed by atoms with Crippen LogP contribution in [0.1, 0.15) is 16.7 Å². The van der Waals surface area contributed by atoms with Gasteiger partial charge < -0.3 is 10.5 Å². The molecule has 0 amide bonds. The second kappa shape index (κ2) is 6.17. The van der Waals surface area contributed by atoms with E-state index in [1.54, 1.807) is 0 Å². The number of benzene rings is 2. The van der Waals surface area contributed by atoms with E-state index in [1.807, 2.05) is 49.4 Å². The van der Waals surface area contributed by atoms with Crippen molar-refractivity contribution in [3.05, 3.63) is 63.6 Å². The number of rotatable bonds is 4. The third kappa shape index (κ3) is 3.55. The molecular formula is C15H14BrNOS. The van der Waals surface area contributed by atoms with Crippen LogP contribution in [0.2, 0.25) is 0 Å².